The van der Waals surface area contributed by atoms with Gasteiger partial charge in [-0.1, -0.05) is 43.2 Å². The van der Waals surface area contributed by atoms with Crippen molar-refractivity contribution in [3.8, 4) is 0 Å². The van der Waals surface area contributed by atoms with E-state index in [9.17, 15) is 0 Å². The van der Waals surface area contributed by atoms with Crippen molar-refractivity contribution in [2.75, 3.05) is 20.1 Å². The van der Waals surface area contributed by atoms with E-state index in [0.29, 0.717) is 0 Å². The van der Waals surface area contributed by atoms with Gasteiger partial charge in [-0.25, -0.2) is 0 Å². The molecule has 0 bridgehead atoms. The molecule has 0 aromatic heterocycles. The summed E-state index contributed by atoms with van der Waals surface area (Å²) in [6, 6.07) is 10.7. The number of rotatable bonds is 6. The molecule has 0 atom stereocenters. The third-order valence-electron chi connectivity index (χ3n) is 4.22. The van der Waals surface area contributed by atoms with Crippen molar-refractivity contribution in [3.63, 3.8) is 0 Å². The summed E-state index contributed by atoms with van der Waals surface area (Å²) in [4.78, 5) is 2.42. The average Bonchev–Trinajstić information content (AvgIpc) is 2.83. The van der Waals surface area contributed by atoms with E-state index in [4.69, 9.17) is 5.73 Å². The van der Waals surface area contributed by atoms with E-state index in [1.54, 1.807) is 0 Å². The first kappa shape index (κ1) is 13.6. The lowest BCUT2D eigenvalue weighted by Crippen LogP contribution is -2.40. The summed E-state index contributed by atoms with van der Waals surface area (Å²) in [5.74, 6) is 0. The Hall–Kier alpha value is -0.860. The molecule has 1 aromatic rings. The summed E-state index contributed by atoms with van der Waals surface area (Å²) < 4.78 is 0. The summed E-state index contributed by atoms with van der Waals surface area (Å²) in [5, 5.41) is 0. The van der Waals surface area contributed by atoms with Gasteiger partial charge in [-0.3, -0.25) is 0 Å². The molecule has 0 radical (unpaired) electrons. The van der Waals surface area contributed by atoms with Gasteiger partial charge < -0.3 is 10.6 Å². The number of likely N-dealkylation sites (N-methyl/N-ethyl adjacent to an activating group) is 1. The molecular weight excluding hydrogens is 220 g/mol. The second-order valence-corrected chi connectivity index (χ2v) is 5.86. The first-order valence-electron chi connectivity index (χ1n) is 7.19. The van der Waals surface area contributed by atoms with Gasteiger partial charge in [-0.15, -0.1) is 0 Å². The van der Waals surface area contributed by atoms with Gasteiger partial charge in [0.25, 0.3) is 0 Å². The van der Waals surface area contributed by atoms with Crippen molar-refractivity contribution in [1.29, 1.82) is 0 Å². The lowest BCUT2D eigenvalue weighted by Gasteiger charge is -2.26. The highest BCUT2D eigenvalue weighted by Crippen LogP contribution is 2.29. The zero-order chi connectivity index (χ0) is 12.8. The highest BCUT2D eigenvalue weighted by molar-refractivity contribution is 5.14. The van der Waals surface area contributed by atoms with Gasteiger partial charge in [0.05, 0.1) is 0 Å². The van der Waals surface area contributed by atoms with Crippen molar-refractivity contribution in [1.82, 2.24) is 4.90 Å². The third kappa shape index (κ3) is 4.11. The smallest absolute Gasteiger partial charge is 0.0166 e. The van der Waals surface area contributed by atoms with E-state index in [0.717, 1.165) is 25.9 Å². The summed E-state index contributed by atoms with van der Waals surface area (Å²) >= 11 is 0. The minimum atomic E-state index is 0.140. The van der Waals surface area contributed by atoms with Crippen LogP contribution in [0, 0.1) is 0 Å². The number of hydrogen-bond donors (Lipinski definition) is 1. The molecular formula is C16H26N2. The highest BCUT2D eigenvalue weighted by Gasteiger charge is 2.28. The molecule has 1 saturated carbocycles. The Morgan fingerprint density at radius 1 is 1.11 bits per heavy atom. The maximum absolute atomic E-state index is 6.39. The molecule has 18 heavy (non-hydrogen) atoms. The number of hydrogen-bond acceptors (Lipinski definition) is 2. The number of nitrogens with zero attached hydrogens (tertiary/aromatic N) is 1. The van der Waals surface area contributed by atoms with Gasteiger partial charge >= 0.3 is 0 Å². The van der Waals surface area contributed by atoms with Crippen LogP contribution in [0.25, 0.3) is 0 Å². The van der Waals surface area contributed by atoms with Crippen LogP contribution in [0.5, 0.6) is 0 Å². The van der Waals surface area contributed by atoms with Gasteiger partial charge in [0.2, 0.25) is 0 Å². The van der Waals surface area contributed by atoms with Crippen LogP contribution in [0.15, 0.2) is 30.3 Å². The molecule has 0 amide bonds. The van der Waals surface area contributed by atoms with E-state index in [1.165, 1.54) is 31.2 Å². The Kier molecular flexibility index (Phi) is 4.79. The first-order chi connectivity index (χ1) is 8.68. The Balaban J connectivity index is 1.67. The Bertz CT molecular complexity index is 341. The molecule has 1 aliphatic carbocycles. The van der Waals surface area contributed by atoms with Crippen molar-refractivity contribution in [2.24, 2.45) is 5.73 Å². The fourth-order valence-corrected chi connectivity index (χ4v) is 2.82. The normalized spacial score (nSPS) is 18.4. The lowest BCUT2D eigenvalue weighted by atomic mass is 9.94. The highest BCUT2D eigenvalue weighted by atomic mass is 15.1. The van der Waals surface area contributed by atoms with Crippen molar-refractivity contribution >= 4 is 0 Å². The van der Waals surface area contributed by atoms with Crippen LogP contribution in [-0.4, -0.2) is 30.6 Å². The van der Waals surface area contributed by atoms with Crippen molar-refractivity contribution < 1.29 is 0 Å². The van der Waals surface area contributed by atoms with Crippen molar-refractivity contribution in [2.45, 2.75) is 44.1 Å². The maximum atomic E-state index is 6.39. The van der Waals surface area contributed by atoms with Crippen LogP contribution >= 0.6 is 0 Å². The van der Waals surface area contributed by atoms with E-state index < -0.39 is 0 Å². The molecule has 0 saturated heterocycles. The SMILES string of the molecule is CN(CCc1ccccc1)CCC1(N)CCCC1. The minimum absolute atomic E-state index is 0.140. The fraction of sp³-hybridized carbons (Fsp3) is 0.625. The van der Waals surface area contributed by atoms with Crippen LogP contribution in [0.2, 0.25) is 0 Å². The zero-order valence-electron chi connectivity index (χ0n) is 11.6. The van der Waals surface area contributed by atoms with E-state index in [1.807, 2.05) is 0 Å². The van der Waals surface area contributed by atoms with Gasteiger partial charge in [0.1, 0.15) is 0 Å². The van der Waals surface area contributed by atoms with Crippen LogP contribution < -0.4 is 5.73 Å². The lowest BCUT2D eigenvalue weighted by molar-refractivity contribution is 0.282. The summed E-state index contributed by atoms with van der Waals surface area (Å²) in [7, 11) is 2.21. The Morgan fingerprint density at radius 3 is 2.44 bits per heavy atom. The molecule has 2 rings (SSSR count). The topological polar surface area (TPSA) is 29.3 Å². The van der Waals surface area contributed by atoms with E-state index in [2.05, 4.69) is 42.3 Å². The molecule has 2 N–H and O–H groups in total. The fourth-order valence-electron chi connectivity index (χ4n) is 2.82. The van der Waals surface area contributed by atoms with Gasteiger partial charge in [-0.05, 0) is 44.8 Å². The predicted octanol–water partition coefficient (Wildman–Crippen LogP) is 2.82. The van der Waals surface area contributed by atoms with Crippen LogP contribution in [0.1, 0.15) is 37.7 Å². The van der Waals surface area contributed by atoms with E-state index >= 15 is 0 Å². The first-order valence-corrected chi connectivity index (χ1v) is 7.19. The predicted molar refractivity (Wildman–Crippen MR) is 77.6 cm³/mol. The molecule has 100 valence electrons. The second kappa shape index (κ2) is 6.35. The zero-order valence-corrected chi connectivity index (χ0v) is 11.6. The Labute approximate surface area is 111 Å². The van der Waals surface area contributed by atoms with Crippen LogP contribution in [0.4, 0.5) is 0 Å². The third-order valence-corrected chi connectivity index (χ3v) is 4.22. The minimum Gasteiger partial charge on any atom is -0.325 e. The van der Waals surface area contributed by atoms with Crippen LogP contribution in [-0.2, 0) is 6.42 Å². The average molecular weight is 246 g/mol. The summed E-state index contributed by atoms with van der Waals surface area (Å²) in [6.07, 6.45) is 7.38. The maximum Gasteiger partial charge on any atom is 0.0166 e. The molecule has 0 spiro atoms. The standard InChI is InChI=1S/C16H26N2/c1-18(13-9-15-7-3-2-4-8-15)14-12-16(17)10-5-6-11-16/h2-4,7-8H,5-6,9-14,17H2,1H3. The Morgan fingerprint density at radius 2 is 1.78 bits per heavy atom. The molecule has 0 heterocycles. The molecule has 0 aliphatic heterocycles. The van der Waals surface area contributed by atoms with Crippen molar-refractivity contribution in [3.05, 3.63) is 35.9 Å². The van der Waals surface area contributed by atoms with Crippen LogP contribution in [0.3, 0.4) is 0 Å². The van der Waals surface area contributed by atoms with E-state index in [-0.39, 0.29) is 5.54 Å². The largest absolute Gasteiger partial charge is 0.325 e. The molecule has 0 unspecified atom stereocenters. The molecule has 2 heteroatoms. The monoisotopic (exact) mass is 246 g/mol. The summed E-state index contributed by atoms with van der Waals surface area (Å²) in [6.45, 7) is 2.25. The molecule has 1 aliphatic rings. The molecule has 2 nitrogen and oxygen atoms in total. The number of nitrogens with two attached hydrogens (primary N) is 1. The molecule has 1 aromatic carbocycles. The van der Waals surface area contributed by atoms with Gasteiger partial charge in [0, 0.05) is 12.1 Å². The van der Waals surface area contributed by atoms with Gasteiger partial charge in [-0.2, -0.15) is 0 Å². The van der Waals surface area contributed by atoms with Gasteiger partial charge in [0.15, 0.2) is 0 Å². The number of benzene rings is 1. The molecule has 1 fully saturated rings. The second-order valence-electron chi connectivity index (χ2n) is 5.86. The quantitative estimate of drug-likeness (QED) is 0.836. The summed E-state index contributed by atoms with van der Waals surface area (Å²) in [5.41, 5.74) is 7.95.